The van der Waals surface area contributed by atoms with E-state index >= 15 is 0 Å². The fraction of sp³-hybridized carbons (Fsp3) is 0.529. The van der Waals surface area contributed by atoms with E-state index in [1.807, 2.05) is 6.08 Å². The van der Waals surface area contributed by atoms with Crippen LogP contribution in [0.4, 0.5) is 0 Å². The van der Waals surface area contributed by atoms with Crippen LogP contribution in [-0.2, 0) is 0 Å². The number of piperidine rings is 3. The van der Waals surface area contributed by atoms with Crippen molar-refractivity contribution in [2.24, 2.45) is 5.92 Å². The molecule has 2 bridgehead atoms. The van der Waals surface area contributed by atoms with Gasteiger partial charge in [-0.25, -0.2) is 0 Å². The van der Waals surface area contributed by atoms with Gasteiger partial charge in [0.25, 0.3) is 0 Å². The largest absolute Gasteiger partial charge is 0.326 e. The Balaban J connectivity index is 0.000000134. The Hall–Kier alpha value is -1.08. The molecule has 0 radical (unpaired) electrons. The second-order valence-electron chi connectivity index (χ2n) is 6.14. The minimum atomic E-state index is 1.12. The van der Waals surface area contributed by atoms with Crippen molar-refractivity contribution in [3.63, 3.8) is 0 Å². The highest BCUT2D eigenvalue weighted by Gasteiger charge is 2.35. The molecule has 0 unspecified atom stereocenters. The van der Waals surface area contributed by atoms with Crippen LogP contribution in [0.25, 0.3) is 6.08 Å². The molecule has 0 aliphatic carbocycles. The SMILES string of the molecule is C=Cc1ccc(C)cc1.C[N+]12CCC(CC1)CC2. The number of fused-ring (bicyclic) bond motifs is 3. The van der Waals surface area contributed by atoms with E-state index in [1.54, 1.807) is 0 Å². The van der Waals surface area contributed by atoms with Gasteiger partial charge in [-0.3, -0.25) is 0 Å². The summed E-state index contributed by atoms with van der Waals surface area (Å²) in [5.41, 5.74) is 2.47. The van der Waals surface area contributed by atoms with Gasteiger partial charge in [0, 0.05) is 0 Å². The van der Waals surface area contributed by atoms with Crippen LogP contribution in [-0.4, -0.2) is 31.2 Å². The number of benzene rings is 1. The zero-order valence-electron chi connectivity index (χ0n) is 11.9. The molecular formula is C17H26N+. The van der Waals surface area contributed by atoms with Crippen LogP contribution < -0.4 is 0 Å². The Morgan fingerprint density at radius 2 is 1.56 bits per heavy atom. The van der Waals surface area contributed by atoms with Gasteiger partial charge in [0.15, 0.2) is 0 Å². The molecule has 0 amide bonds. The van der Waals surface area contributed by atoms with Crippen molar-refractivity contribution in [2.45, 2.75) is 26.2 Å². The van der Waals surface area contributed by atoms with Gasteiger partial charge in [-0.05, 0) is 37.7 Å². The Morgan fingerprint density at radius 3 is 1.89 bits per heavy atom. The summed E-state index contributed by atoms with van der Waals surface area (Å²) >= 11 is 0. The molecule has 0 aromatic heterocycles. The quantitative estimate of drug-likeness (QED) is 0.658. The van der Waals surface area contributed by atoms with Gasteiger partial charge in [0.05, 0.1) is 26.7 Å². The fourth-order valence-electron chi connectivity index (χ4n) is 2.95. The molecule has 0 saturated carbocycles. The lowest BCUT2D eigenvalue weighted by molar-refractivity contribution is -0.924. The third-order valence-corrected chi connectivity index (χ3v) is 4.54. The first-order valence-corrected chi connectivity index (χ1v) is 7.14. The lowest BCUT2D eigenvalue weighted by Gasteiger charge is -2.46. The zero-order valence-corrected chi connectivity index (χ0v) is 11.9. The molecule has 3 fully saturated rings. The van der Waals surface area contributed by atoms with E-state index in [2.05, 4.69) is 44.8 Å². The van der Waals surface area contributed by atoms with Gasteiger partial charge in [0.1, 0.15) is 0 Å². The van der Waals surface area contributed by atoms with Crippen molar-refractivity contribution >= 4 is 6.08 Å². The molecule has 0 atom stereocenters. The summed E-state index contributed by atoms with van der Waals surface area (Å²) in [7, 11) is 2.41. The summed E-state index contributed by atoms with van der Waals surface area (Å²) < 4.78 is 1.39. The maximum atomic E-state index is 3.66. The van der Waals surface area contributed by atoms with E-state index in [0.717, 1.165) is 5.92 Å². The lowest BCUT2D eigenvalue weighted by atomic mass is 9.86. The normalized spacial score (nSPS) is 29.3. The van der Waals surface area contributed by atoms with Crippen molar-refractivity contribution in [3.8, 4) is 0 Å². The van der Waals surface area contributed by atoms with Crippen molar-refractivity contribution in [1.82, 2.24) is 0 Å². The molecule has 0 spiro atoms. The maximum Gasteiger partial charge on any atom is 0.0787 e. The van der Waals surface area contributed by atoms with E-state index in [9.17, 15) is 0 Å². The standard InChI is InChI=1S/C9H10.C8H16N/c1-3-9-6-4-8(2)5-7-9;1-9-5-2-8(3-6-9)4-7-9/h3-7H,1H2,2H3;8H,2-7H2,1H3/q;+1. The number of rotatable bonds is 1. The van der Waals surface area contributed by atoms with Gasteiger partial charge >= 0.3 is 0 Å². The number of quaternary nitrogens is 1. The highest BCUT2D eigenvalue weighted by molar-refractivity contribution is 5.46. The summed E-state index contributed by atoms with van der Waals surface area (Å²) in [5.74, 6) is 1.12. The van der Waals surface area contributed by atoms with E-state index in [4.69, 9.17) is 0 Å². The molecule has 1 aromatic rings. The summed E-state index contributed by atoms with van der Waals surface area (Å²) in [4.78, 5) is 0. The average molecular weight is 244 g/mol. The van der Waals surface area contributed by atoms with Gasteiger partial charge in [-0.1, -0.05) is 42.5 Å². The molecule has 4 rings (SSSR count). The maximum absolute atomic E-state index is 3.66. The van der Waals surface area contributed by atoms with Crippen molar-refractivity contribution in [2.75, 3.05) is 26.7 Å². The van der Waals surface area contributed by atoms with Crippen LogP contribution in [0.15, 0.2) is 30.8 Å². The zero-order chi connectivity index (χ0) is 13.0. The first-order chi connectivity index (χ1) is 8.61. The molecule has 0 N–H and O–H groups in total. The number of hydrogen-bond donors (Lipinski definition) is 0. The van der Waals surface area contributed by atoms with Crippen LogP contribution in [0.2, 0.25) is 0 Å². The van der Waals surface area contributed by atoms with E-state index in [1.165, 1.54) is 54.5 Å². The lowest BCUT2D eigenvalue weighted by Crippen LogP contribution is -2.55. The van der Waals surface area contributed by atoms with Crippen LogP contribution in [0.3, 0.4) is 0 Å². The highest BCUT2D eigenvalue weighted by atomic mass is 15.3. The van der Waals surface area contributed by atoms with Crippen LogP contribution in [0.5, 0.6) is 0 Å². The molecule has 3 aliphatic heterocycles. The van der Waals surface area contributed by atoms with E-state index in [-0.39, 0.29) is 0 Å². The molecule has 3 heterocycles. The third kappa shape index (κ3) is 3.46. The number of aryl methyl sites for hydroxylation is 1. The van der Waals surface area contributed by atoms with Crippen LogP contribution in [0.1, 0.15) is 30.4 Å². The van der Waals surface area contributed by atoms with Crippen molar-refractivity contribution < 1.29 is 4.48 Å². The molecular weight excluding hydrogens is 218 g/mol. The minimum absolute atomic E-state index is 1.12. The molecule has 1 aromatic carbocycles. The molecule has 1 heteroatoms. The van der Waals surface area contributed by atoms with Crippen LogP contribution in [0, 0.1) is 12.8 Å². The van der Waals surface area contributed by atoms with Crippen molar-refractivity contribution in [1.29, 1.82) is 0 Å². The fourth-order valence-corrected chi connectivity index (χ4v) is 2.95. The van der Waals surface area contributed by atoms with Gasteiger partial charge < -0.3 is 4.48 Å². The molecule has 98 valence electrons. The van der Waals surface area contributed by atoms with Gasteiger partial charge in [0.2, 0.25) is 0 Å². The van der Waals surface area contributed by atoms with Gasteiger partial charge in [-0.2, -0.15) is 0 Å². The smallest absolute Gasteiger partial charge is 0.0787 e. The number of nitrogens with zero attached hydrogens (tertiary/aromatic N) is 1. The minimum Gasteiger partial charge on any atom is -0.326 e. The van der Waals surface area contributed by atoms with E-state index < -0.39 is 0 Å². The predicted octanol–water partition coefficient (Wildman–Crippen LogP) is 3.88. The second-order valence-corrected chi connectivity index (χ2v) is 6.14. The molecule has 3 saturated heterocycles. The Kier molecular flexibility index (Phi) is 4.23. The van der Waals surface area contributed by atoms with Crippen LogP contribution >= 0.6 is 0 Å². The van der Waals surface area contributed by atoms with Gasteiger partial charge in [-0.15, -0.1) is 0 Å². The third-order valence-electron chi connectivity index (χ3n) is 4.54. The summed E-state index contributed by atoms with van der Waals surface area (Å²) in [6, 6.07) is 8.28. The first-order valence-electron chi connectivity index (χ1n) is 7.14. The van der Waals surface area contributed by atoms with E-state index in [0.29, 0.717) is 0 Å². The summed E-state index contributed by atoms with van der Waals surface area (Å²) in [5, 5.41) is 0. The topological polar surface area (TPSA) is 0 Å². The summed E-state index contributed by atoms with van der Waals surface area (Å²) in [6.45, 7) is 10.1. The number of hydrogen-bond acceptors (Lipinski definition) is 0. The second kappa shape index (κ2) is 5.71. The predicted molar refractivity (Wildman–Crippen MR) is 79.4 cm³/mol. The Labute approximate surface area is 112 Å². The molecule has 1 nitrogen and oxygen atoms in total. The molecule has 3 aliphatic rings. The van der Waals surface area contributed by atoms with Crippen molar-refractivity contribution in [3.05, 3.63) is 42.0 Å². The highest BCUT2D eigenvalue weighted by Crippen LogP contribution is 2.31. The monoisotopic (exact) mass is 244 g/mol. The molecule has 18 heavy (non-hydrogen) atoms. The Morgan fingerprint density at radius 1 is 1.06 bits per heavy atom. The Bertz CT molecular complexity index is 369. The summed E-state index contributed by atoms with van der Waals surface area (Å²) in [6.07, 6.45) is 6.38. The first kappa shape index (κ1) is 13.4. The average Bonchev–Trinajstić information content (AvgIpc) is 2.41.